The summed E-state index contributed by atoms with van der Waals surface area (Å²) in [5, 5.41) is 0. The first-order chi connectivity index (χ1) is 9.49. The molecule has 0 aromatic carbocycles. The van der Waals surface area contributed by atoms with Gasteiger partial charge in [0.1, 0.15) is 11.6 Å². The second-order valence-corrected chi connectivity index (χ2v) is 5.34. The van der Waals surface area contributed by atoms with E-state index in [0.717, 1.165) is 31.7 Å². The highest BCUT2D eigenvalue weighted by Crippen LogP contribution is 2.20. The fraction of sp³-hybridized carbons (Fsp3) is 0.571. The predicted octanol–water partition coefficient (Wildman–Crippen LogP) is 1.80. The minimum atomic E-state index is -0.319. The van der Waals surface area contributed by atoms with E-state index in [4.69, 9.17) is 0 Å². The third-order valence-electron chi connectivity index (χ3n) is 3.73. The van der Waals surface area contributed by atoms with Gasteiger partial charge >= 0.3 is 6.03 Å². The van der Waals surface area contributed by atoms with Crippen LogP contribution < -0.4 is 4.90 Å². The number of halogens is 1. The lowest BCUT2D eigenvalue weighted by atomic mass is 10.0. The Kier molecular flexibility index (Phi) is 4.42. The number of pyridine rings is 1. The molecule has 2 amide bonds. The topological polar surface area (TPSA) is 39.7 Å². The number of rotatable bonds is 2. The van der Waals surface area contributed by atoms with Crippen LogP contribution in [0.2, 0.25) is 0 Å². The summed E-state index contributed by atoms with van der Waals surface area (Å²) in [5.41, 5.74) is 0. The van der Waals surface area contributed by atoms with Gasteiger partial charge in [-0.15, -0.1) is 0 Å². The van der Waals surface area contributed by atoms with Crippen LogP contribution in [0.4, 0.5) is 15.0 Å². The number of urea groups is 1. The van der Waals surface area contributed by atoms with Gasteiger partial charge in [0.05, 0.1) is 6.20 Å². The number of hydrogen-bond acceptors (Lipinski definition) is 3. The molecule has 0 spiro atoms. The van der Waals surface area contributed by atoms with E-state index in [-0.39, 0.29) is 17.9 Å². The second-order valence-electron chi connectivity index (χ2n) is 5.34. The first-order valence-corrected chi connectivity index (χ1v) is 6.79. The van der Waals surface area contributed by atoms with Crippen molar-refractivity contribution in [2.24, 2.45) is 0 Å². The molecule has 0 N–H and O–H groups in total. The zero-order valence-corrected chi connectivity index (χ0v) is 12.2. The third-order valence-corrected chi connectivity index (χ3v) is 3.73. The van der Waals surface area contributed by atoms with Crippen molar-refractivity contribution in [3.8, 4) is 0 Å². The van der Waals surface area contributed by atoms with Gasteiger partial charge in [-0.3, -0.25) is 0 Å². The zero-order valence-electron chi connectivity index (χ0n) is 12.2. The lowest BCUT2D eigenvalue weighted by Gasteiger charge is -2.38. The molecule has 1 aromatic heterocycles. The molecule has 110 valence electrons. The molecule has 1 saturated heterocycles. The monoisotopic (exact) mass is 280 g/mol. The number of anilines is 1. The van der Waals surface area contributed by atoms with Gasteiger partial charge in [0.2, 0.25) is 0 Å². The summed E-state index contributed by atoms with van der Waals surface area (Å²) in [6.45, 7) is 1.66. The van der Waals surface area contributed by atoms with E-state index in [1.54, 1.807) is 30.0 Å². The lowest BCUT2D eigenvalue weighted by Crippen LogP contribution is -2.48. The summed E-state index contributed by atoms with van der Waals surface area (Å²) in [7, 11) is 5.37. The summed E-state index contributed by atoms with van der Waals surface area (Å²) in [4.78, 5) is 21.5. The maximum absolute atomic E-state index is 12.9. The molecule has 0 saturated carbocycles. The molecule has 1 fully saturated rings. The molecule has 6 heteroatoms. The molecule has 0 atom stereocenters. The molecule has 2 heterocycles. The van der Waals surface area contributed by atoms with Crippen LogP contribution in [0.15, 0.2) is 18.3 Å². The largest absolute Gasteiger partial charge is 0.356 e. The lowest BCUT2D eigenvalue weighted by molar-refractivity contribution is 0.155. The molecule has 1 aliphatic heterocycles. The normalized spacial score (nSPS) is 16.1. The number of piperidine rings is 1. The van der Waals surface area contributed by atoms with Crippen molar-refractivity contribution in [3.63, 3.8) is 0 Å². The van der Waals surface area contributed by atoms with E-state index in [2.05, 4.69) is 9.88 Å². The van der Waals surface area contributed by atoms with Crippen molar-refractivity contribution in [2.75, 3.05) is 39.1 Å². The molecule has 0 bridgehead atoms. The van der Waals surface area contributed by atoms with Gasteiger partial charge in [0, 0.05) is 40.3 Å². The highest BCUT2D eigenvalue weighted by Gasteiger charge is 2.26. The van der Waals surface area contributed by atoms with Crippen LogP contribution >= 0.6 is 0 Å². The van der Waals surface area contributed by atoms with Gasteiger partial charge < -0.3 is 14.7 Å². The Morgan fingerprint density at radius 1 is 1.30 bits per heavy atom. The van der Waals surface area contributed by atoms with Gasteiger partial charge in [0.15, 0.2) is 0 Å². The minimum absolute atomic E-state index is 0.0309. The maximum Gasteiger partial charge on any atom is 0.319 e. The van der Waals surface area contributed by atoms with Crippen molar-refractivity contribution in [2.45, 2.75) is 18.9 Å². The summed E-state index contributed by atoms with van der Waals surface area (Å²) in [6.07, 6.45) is 3.04. The molecule has 1 aromatic rings. The van der Waals surface area contributed by atoms with E-state index in [0.29, 0.717) is 0 Å². The summed E-state index contributed by atoms with van der Waals surface area (Å²) < 4.78 is 12.9. The minimum Gasteiger partial charge on any atom is -0.356 e. The number of carbonyl (C=O) groups excluding carboxylic acids is 1. The number of hydrogen-bond donors (Lipinski definition) is 0. The van der Waals surface area contributed by atoms with Crippen LogP contribution in [-0.2, 0) is 0 Å². The van der Waals surface area contributed by atoms with E-state index in [9.17, 15) is 9.18 Å². The van der Waals surface area contributed by atoms with Crippen LogP contribution in [0.25, 0.3) is 0 Å². The average Bonchev–Trinajstić information content (AvgIpc) is 2.46. The molecule has 0 radical (unpaired) electrons. The first-order valence-electron chi connectivity index (χ1n) is 6.79. The standard InChI is InChI=1S/C14H21FN4O/c1-17(2)14(20)18(3)12-6-8-19(9-7-12)13-5-4-11(15)10-16-13/h4-5,10,12H,6-9H2,1-3H3. The molecular weight excluding hydrogens is 259 g/mol. The second kappa shape index (κ2) is 6.07. The third kappa shape index (κ3) is 3.18. The highest BCUT2D eigenvalue weighted by molar-refractivity contribution is 5.73. The maximum atomic E-state index is 12.9. The Labute approximate surface area is 119 Å². The molecule has 2 rings (SSSR count). The molecule has 0 unspecified atom stereocenters. The summed E-state index contributed by atoms with van der Waals surface area (Å²) in [6, 6.07) is 3.41. The van der Waals surface area contributed by atoms with Crippen molar-refractivity contribution >= 4 is 11.8 Å². The Bertz CT molecular complexity index is 455. The van der Waals surface area contributed by atoms with Crippen molar-refractivity contribution in [1.29, 1.82) is 0 Å². The summed E-state index contributed by atoms with van der Waals surface area (Å²) in [5.74, 6) is 0.478. The molecule has 20 heavy (non-hydrogen) atoms. The van der Waals surface area contributed by atoms with Crippen molar-refractivity contribution < 1.29 is 9.18 Å². The SMILES string of the molecule is CN(C)C(=O)N(C)C1CCN(c2ccc(F)cn2)CC1. The van der Waals surface area contributed by atoms with E-state index >= 15 is 0 Å². The predicted molar refractivity (Wildman–Crippen MR) is 76.3 cm³/mol. The van der Waals surface area contributed by atoms with E-state index < -0.39 is 0 Å². The number of aromatic nitrogens is 1. The Hall–Kier alpha value is -1.85. The fourth-order valence-electron chi connectivity index (χ4n) is 2.51. The molecule has 5 nitrogen and oxygen atoms in total. The number of nitrogens with zero attached hydrogens (tertiary/aromatic N) is 4. The molecule has 0 aliphatic carbocycles. The Balaban J connectivity index is 1.92. The van der Waals surface area contributed by atoms with Crippen LogP contribution in [0.3, 0.4) is 0 Å². The van der Waals surface area contributed by atoms with Gasteiger partial charge in [-0.2, -0.15) is 0 Å². The van der Waals surface area contributed by atoms with Gasteiger partial charge in [0.25, 0.3) is 0 Å². The molecular formula is C14H21FN4O. The quantitative estimate of drug-likeness (QED) is 0.829. The zero-order chi connectivity index (χ0) is 14.7. The van der Waals surface area contributed by atoms with Crippen molar-refractivity contribution in [3.05, 3.63) is 24.1 Å². The first kappa shape index (κ1) is 14.6. The van der Waals surface area contributed by atoms with Crippen LogP contribution in [0.5, 0.6) is 0 Å². The van der Waals surface area contributed by atoms with Crippen LogP contribution in [0.1, 0.15) is 12.8 Å². The average molecular weight is 280 g/mol. The van der Waals surface area contributed by atoms with Gasteiger partial charge in [-0.25, -0.2) is 14.2 Å². The Morgan fingerprint density at radius 2 is 1.95 bits per heavy atom. The van der Waals surface area contributed by atoms with Gasteiger partial charge in [-0.1, -0.05) is 0 Å². The highest BCUT2D eigenvalue weighted by atomic mass is 19.1. The van der Waals surface area contributed by atoms with Gasteiger partial charge in [-0.05, 0) is 25.0 Å². The van der Waals surface area contributed by atoms with Crippen LogP contribution in [0, 0.1) is 5.82 Å². The number of amides is 2. The van der Waals surface area contributed by atoms with E-state index in [1.165, 1.54) is 12.3 Å². The van der Waals surface area contributed by atoms with Crippen LogP contribution in [-0.4, -0.2) is 61.1 Å². The smallest absolute Gasteiger partial charge is 0.319 e. The number of carbonyl (C=O) groups is 1. The van der Waals surface area contributed by atoms with E-state index in [1.807, 2.05) is 7.05 Å². The molecule has 1 aliphatic rings. The Morgan fingerprint density at radius 3 is 2.45 bits per heavy atom. The summed E-state index contributed by atoms with van der Waals surface area (Å²) >= 11 is 0. The fourth-order valence-corrected chi connectivity index (χ4v) is 2.51. The van der Waals surface area contributed by atoms with Crippen molar-refractivity contribution in [1.82, 2.24) is 14.8 Å².